The predicted molar refractivity (Wildman–Crippen MR) is 98.4 cm³/mol. The number of hydrogen-bond acceptors (Lipinski definition) is 4. The standard InChI is InChI=1S/C16H31N3O2.2ClH/c1-12(2)10-19-6-7-21-14(11-19)9-18-16(20)15-5-3-4-13(15)8-17;;/h12-15H,3-11,17H2,1-2H3,(H,18,20);2*1H/t13-,14?,15-;;/m1../s1. The second kappa shape index (κ2) is 11.5. The number of rotatable bonds is 6. The van der Waals surface area contributed by atoms with Crippen LogP contribution in [0.15, 0.2) is 0 Å². The highest BCUT2D eigenvalue weighted by Gasteiger charge is 2.32. The van der Waals surface area contributed by atoms with E-state index in [9.17, 15) is 4.79 Å². The van der Waals surface area contributed by atoms with Gasteiger partial charge in [0.25, 0.3) is 0 Å². The number of amides is 1. The Hall–Kier alpha value is -0.0700. The minimum Gasteiger partial charge on any atom is -0.374 e. The van der Waals surface area contributed by atoms with Crippen molar-refractivity contribution < 1.29 is 9.53 Å². The van der Waals surface area contributed by atoms with Crippen molar-refractivity contribution in [3.05, 3.63) is 0 Å². The van der Waals surface area contributed by atoms with Crippen molar-refractivity contribution in [3.8, 4) is 0 Å². The third-order valence-corrected chi connectivity index (χ3v) is 4.65. The number of ether oxygens (including phenoxy) is 1. The summed E-state index contributed by atoms with van der Waals surface area (Å²) in [5.41, 5.74) is 5.75. The van der Waals surface area contributed by atoms with Crippen molar-refractivity contribution in [2.75, 3.05) is 39.3 Å². The Labute approximate surface area is 152 Å². The molecule has 1 heterocycles. The normalized spacial score (nSPS) is 28.1. The maximum atomic E-state index is 12.3. The SMILES string of the molecule is CC(C)CN1CCOC(CNC(=O)[C@@H]2CCC[C@@H]2CN)C1.Cl.Cl. The molecule has 2 aliphatic rings. The Kier molecular flexibility index (Phi) is 11.4. The van der Waals surface area contributed by atoms with Gasteiger partial charge < -0.3 is 15.8 Å². The van der Waals surface area contributed by atoms with Gasteiger partial charge in [-0.3, -0.25) is 9.69 Å². The molecule has 23 heavy (non-hydrogen) atoms. The van der Waals surface area contributed by atoms with Crippen molar-refractivity contribution in [1.29, 1.82) is 0 Å². The van der Waals surface area contributed by atoms with Crippen molar-refractivity contribution >= 4 is 30.7 Å². The fourth-order valence-corrected chi connectivity index (χ4v) is 3.60. The van der Waals surface area contributed by atoms with Gasteiger partial charge in [0.05, 0.1) is 12.7 Å². The molecule has 138 valence electrons. The Morgan fingerprint density at radius 3 is 2.74 bits per heavy atom. The third kappa shape index (κ3) is 7.14. The molecule has 0 spiro atoms. The smallest absolute Gasteiger partial charge is 0.223 e. The minimum absolute atomic E-state index is 0. The highest BCUT2D eigenvalue weighted by atomic mass is 35.5. The zero-order valence-electron chi connectivity index (χ0n) is 14.3. The monoisotopic (exact) mass is 369 g/mol. The predicted octanol–water partition coefficient (Wildman–Crippen LogP) is 1.68. The molecular weight excluding hydrogens is 337 g/mol. The van der Waals surface area contributed by atoms with Crippen LogP contribution in [0.1, 0.15) is 33.1 Å². The van der Waals surface area contributed by atoms with Crippen LogP contribution in [0.25, 0.3) is 0 Å². The molecule has 1 amide bonds. The molecule has 1 aliphatic carbocycles. The lowest BCUT2D eigenvalue weighted by Gasteiger charge is -2.34. The van der Waals surface area contributed by atoms with Crippen molar-refractivity contribution in [2.24, 2.45) is 23.5 Å². The van der Waals surface area contributed by atoms with E-state index in [-0.39, 0.29) is 42.7 Å². The summed E-state index contributed by atoms with van der Waals surface area (Å²) in [7, 11) is 0. The van der Waals surface area contributed by atoms with Crippen LogP contribution in [-0.2, 0) is 9.53 Å². The number of carbonyl (C=O) groups is 1. The lowest BCUT2D eigenvalue weighted by atomic mass is 9.95. The van der Waals surface area contributed by atoms with Crippen LogP contribution in [0.5, 0.6) is 0 Å². The molecule has 0 radical (unpaired) electrons. The van der Waals surface area contributed by atoms with Crippen LogP contribution >= 0.6 is 24.8 Å². The molecule has 2 rings (SSSR count). The topological polar surface area (TPSA) is 67.6 Å². The zero-order chi connectivity index (χ0) is 15.2. The number of carbonyl (C=O) groups excluding carboxylic acids is 1. The van der Waals surface area contributed by atoms with Gasteiger partial charge in [-0.1, -0.05) is 20.3 Å². The second-order valence-corrected chi connectivity index (χ2v) is 6.92. The summed E-state index contributed by atoms with van der Waals surface area (Å²) in [6.45, 7) is 9.51. The average Bonchev–Trinajstić information content (AvgIpc) is 2.93. The van der Waals surface area contributed by atoms with Gasteiger partial charge in [-0.15, -0.1) is 24.8 Å². The number of halogens is 2. The lowest BCUT2D eigenvalue weighted by molar-refractivity contribution is -0.127. The van der Waals surface area contributed by atoms with Gasteiger partial charge in [-0.05, 0) is 31.2 Å². The van der Waals surface area contributed by atoms with E-state index in [1.165, 1.54) is 0 Å². The Morgan fingerprint density at radius 2 is 2.09 bits per heavy atom. The second-order valence-electron chi connectivity index (χ2n) is 6.92. The molecule has 0 bridgehead atoms. The quantitative estimate of drug-likeness (QED) is 0.747. The number of nitrogens with two attached hydrogens (primary N) is 1. The number of hydrogen-bond donors (Lipinski definition) is 2. The minimum atomic E-state index is 0. The molecule has 0 aromatic heterocycles. The van der Waals surface area contributed by atoms with Gasteiger partial charge in [-0.25, -0.2) is 0 Å². The maximum absolute atomic E-state index is 12.3. The summed E-state index contributed by atoms with van der Waals surface area (Å²) >= 11 is 0. The van der Waals surface area contributed by atoms with Crippen molar-refractivity contribution in [2.45, 2.75) is 39.2 Å². The van der Waals surface area contributed by atoms with Crippen LogP contribution in [-0.4, -0.2) is 56.2 Å². The molecule has 2 fully saturated rings. The molecule has 7 heteroatoms. The number of nitrogens with zero attached hydrogens (tertiary/aromatic N) is 1. The molecule has 1 saturated carbocycles. The largest absolute Gasteiger partial charge is 0.374 e. The van der Waals surface area contributed by atoms with E-state index in [2.05, 4.69) is 24.1 Å². The first kappa shape index (κ1) is 22.9. The van der Waals surface area contributed by atoms with Gasteiger partial charge in [0.2, 0.25) is 5.91 Å². The van der Waals surface area contributed by atoms with E-state index in [1.54, 1.807) is 0 Å². The molecule has 3 atom stereocenters. The highest BCUT2D eigenvalue weighted by molar-refractivity contribution is 5.85. The maximum Gasteiger partial charge on any atom is 0.223 e. The van der Waals surface area contributed by atoms with Crippen LogP contribution in [0.3, 0.4) is 0 Å². The molecular formula is C16H33Cl2N3O2. The average molecular weight is 370 g/mol. The summed E-state index contributed by atoms with van der Waals surface area (Å²) in [6.07, 6.45) is 3.33. The molecule has 0 aromatic rings. The van der Waals surface area contributed by atoms with E-state index >= 15 is 0 Å². The summed E-state index contributed by atoms with van der Waals surface area (Å²) in [5, 5.41) is 3.09. The molecule has 0 aromatic carbocycles. The van der Waals surface area contributed by atoms with Crippen LogP contribution < -0.4 is 11.1 Å². The van der Waals surface area contributed by atoms with Crippen molar-refractivity contribution in [3.63, 3.8) is 0 Å². The molecule has 3 N–H and O–H groups in total. The van der Waals surface area contributed by atoms with Crippen LogP contribution in [0, 0.1) is 17.8 Å². The summed E-state index contributed by atoms with van der Waals surface area (Å²) in [4.78, 5) is 14.7. The molecule has 5 nitrogen and oxygen atoms in total. The van der Waals surface area contributed by atoms with Gasteiger partial charge in [0, 0.05) is 32.1 Å². The first-order chi connectivity index (χ1) is 10.1. The summed E-state index contributed by atoms with van der Waals surface area (Å²) < 4.78 is 5.77. The van der Waals surface area contributed by atoms with Gasteiger partial charge >= 0.3 is 0 Å². The molecule has 1 aliphatic heterocycles. The third-order valence-electron chi connectivity index (χ3n) is 4.65. The zero-order valence-corrected chi connectivity index (χ0v) is 16.0. The lowest BCUT2D eigenvalue weighted by Crippen LogP contribution is -2.49. The van der Waals surface area contributed by atoms with Crippen molar-refractivity contribution in [1.82, 2.24) is 10.2 Å². The Morgan fingerprint density at radius 1 is 1.35 bits per heavy atom. The summed E-state index contributed by atoms with van der Waals surface area (Å²) in [5.74, 6) is 1.33. The van der Waals surface area contributed by atoms with E-state index < -0.39 is 0 Å². The highest BCUT2D eigenvalue weighted by Crippen LogP contribution is 2.30. The Bertz CT molecular complexity index is 345. The number of morpholine rings is 1. The Balaban J connectivity index is 0.00000242. The van der Waals surface area contributed by atoms with E-state index in [0.717, 1.165) is 45.5 Å². The first-order valence-electron chi connectivity index (χ1n) is 8.42. The van der Waals surface area contributed by atoms with Crippen LogP contribution in [0.2, 0.25) is 0 Å². The van der Waals surface area contributed by atoms with Gasteiger partial charge in [0.1, 0.15) is 0 Å². The van der Waals surface area contributed by atoms with E-state index in [1.807, 2.05) is 0 Å². The van der Waals surface area contributed by atoms with E-state index in [0.29, 0.717) is 24.9 Å². The van der Waals surface area contributed by atoms with Gasteiger partial charge in [-0.2, -0.15) is 0 Å². The van der Waals surface area contributed by atoms with E-state index in [4.69, 9.17) is 10.5 Å². The fourth-order valence-electron chi connectivity index (χ4n) is 3.60. The fraction of sp³-hybridized carbons (Fsp3) is 0.938. The first-order valence-corrected chi connectivity index (χ1v) is 8.42. The molecule has 1 saturated heterocycles. The van der Waals surface area contributed by atoms with Gasteiger partial charge in [0.15, 0.2) is 0 Å². The molecule has 1 unspecified atom stereocenters. The number of nitrogens with one attached hydrogen (secondary N) is 1. The van der Waals surface area contributed by atoms with Crippen LogP contribution in [0.4, 0.5) is 0 Å². The summed E-state index contributed by atoms with van der Waals surface area (Å²) in [6, 6.07) is 0.